The molecule has 1 aromatic heterocycles. The molecular weight excluding hydrogens is 346 g/mol. The standard InChI is InChI=1S/C19H29N5OS/c1-5-8-12-16-22-23-19(24(16)20)26-13(4)18(25)21-17-14(6-2)10-9-11-15(17)7-3/h9-11,13H,5-8,12,20H2,1-4H3,(H,21,25)/t13-/m1/s1. The van der Waals surface area contributed by atoms with Gasteiger partial charge in [0.2, 0.25) is 11.1 Å². The summed E-state index contributed by atoms with van der Waals surface area (Å²) in [7, 11) is 0. The Bertz CT molecular complexity index is 721. The fourth-order valence-electron chi connectivity index (χ4n) is 2.73. The maximum atomic E-state index is 12.7. The number of para-hydroxylation sites is 1. The molecule has 0 saturated heterocycles. The molecule has 1 amide bonds. The molecule has 0 fully saturated rings. The minimum absolute atomic E-state index is 0.0521. The van der Waals surface area contributed by atoms with Crippen LogP contribution < -0.4 is 11.2 Å². The van der Waals surface area contributed by atoms with Gasteiger partial charge in [0.1, 0.15) is 0 Å². The quantitative estimate of drug-likeness (QED) is 0.517. The van der Waals surface area contributed by atoms with Crippen LogP contribution in [-0.2, 0) is 24.1 Å². The van der Waals surface area contributed by atoms with Crippen molar-refractivity contribution >= 4 is 23.4 Å². The molecule has 26 heavy (non-hydrogen) atoms. The number of carbonyl (C=O) groups is 1. The number of hydrogen-bond acceptors (Lipinski definition) is 5. The van der Waals surface area contributed by atoms with Crippen LogP contribution >= 0.6 is 11.8 Å². The maximum absolute atomic E-state index is 12.7. The van der Waals surface area contributed by atoms with Crippen molar-refractivity contribution in [2.45, 2.75) is 70.2 Å². The molecule has 0 bridgehead atoms. The van der Waals surface area contributed by atoms with Gasteiger partial charge in [-0.3, -0.25) is 4.79 Å². The largest absolute Gasteiger partial charge is 0.336 e. The molecule has 0 saturated carbocycles. The number of aryl methyl sites for hydroxylation is 3. The van der Waals surface area contributed by atoms with Gasteiger partial charge in [-0.25, -0.2) is 4.68 Å². The van der Waals surface area contributed by atoms with Gasteiger partial charge in [-0.15, -0.1) is 10.2 Å². The first-order chi connectivity index (χ1) is 12.5. The first-order valence-corrected chi connectivity index (χ1v) is 10.2. The summed E-state index contributed by atoms with van der Waals surface area (Å²) in [4.78, 5) is 12.7. The van der Waals surface area contributed by atoms with Crippen LogP contribution in [0.4, 0.5) is 5.69 Å². The Balaban J connectivity index is 2.08. The van der Waals surface area contributed by atoms with Crippen molar-refractivity contribution in [2.24, 2.45) is 0 Å². The van der Waals surface area contributed by atoms with E-state index in [2.05, 4.69) is 48.4 Å². The van der Waals surface area contributed by atoms with Crippen LogP contribution in [0, 0.1) is 0 Å². The summed E-state index contributed by atoms with van der Waals surface area (Å²) < 4.78 is 1.50. The molecule has 0 aliphatic carbocycles. The monoisotopic (exact) mass is 375 g/mol. The van der Waals surface area contributed by atoms with Crippen molar-refractivity contribution in [1.29, 1.82) is 0 Å². The molecule has 0 spiro atoms. The lowest BCUT2D eigenvalue weighted by atomic mass is 10.0. The molecule has 2 rings (SSSR count). The molecule has 1 atom stereocenters. The minimum Gasteiger partial charge on any atom is -0.336 e. The number of unbranched alkanes of at least 4 members (excludes halogenated alkanes) is 1. The van der Waals surface area contributed by atoms with Gasteiger partial charge in [-0.2, -0.15) is 0 Å². The van der Waals surface area contributed by atoms with Gasteiger partial charge in [0.25, 0.3) is 0 Å². The van der Waals surface area contributed by atoms with E-state index in [1.165, 1.54) is 16.4 Å². The second-order valence-corrected chi connectivity index (χ2v) is 7.59. The summed E-state index contributed by atoms with van der Waals surface area (Å²) in [6, 6.07) is 6.16. The molecule has 6 nitrogen and oxygen atoms in total. The fraction of sp³-hybridized carbons (Fsp3) is 0.526. The molecular formula is C19H29N5OS. The topological polar surface area (TPSA) is 85.8 Å². The van der Waals surface area contributed by atoms with Gasteiger partial charge in [0.05, 0.1) is 5.25 Å². The predicted molar refractivity (Wildman–Crippen MR) is 108 cm³/mol. The van der Waals surface area contributed by atoms with Crippen molar-refractivity contribution in [3.8, 4) is 0 Å². The van der Waals surface area contributed by atoms with Crippen molar-refractivity contribution in [3.05, 3.63) is 35.2 Å². The van der Waals surface area contributed by atoms with Gasteiger partial charge in [0, 0.05) is 12.1 Å². The van der Waals surface area contributed by atoms with Gasteiger partial charge in [0.15, 0.2) is 5.82 Å². The number of benzene rings is 1. The molecule has 7 heteroatoms. The lowest BCUT2D eigenvalue weighted by Gasteiger charge is -2.17. The van der Waals surface area contributed by atoms with Gasteiger partial charge in [-0.05, 0) is 37.3 Å². The normalized spacial score (nSPS) is 12.2. The van der Waals surface area contributed by atoms with Crippen molar-refractivity contribution < 1.29 is 4.79 Å². The van der Waals surface area contributed by atoms with Crippen LogP contribution in [0.3, 0.4) is 0 Å². The lowest BCUT2D eigenvalue weighted by molar-refractivity contribution is -0.115. The van der Waals surface area contributed by atoms with Crippen LogP contribution in [0.25, 0.3) is 0 Å². The highest BCUT2D eigenvalue weighted by molar-refractivity contribution is 8.00. The second-order valence-electron chi connectivity index (χ2n) is 6.28. The molecule has 2 aromatic rings. The first-order valence-electron chi connectivity index (χ1n) is 9.29. The zero-order valence-corrected chi connectivity index (χ0v) is 16.9. The van der Waals surface area contributed by atoms with Crippen LogP contribution in [0.1, 0.15) is 57.5 Å². The third kappa shape index (κ3) is 4.78. The highest BCUT2D eigenvalue weighted by Crippen LogP contribution is 2.26. The van der Waals surface area contributed by atoms with E-state index >= 15 is 0 Å². The summed E-state index contributed by atoms with van der Waals surface area (Å²) >= 11 is 1.33. The van der Waals surface area contributed by atoms with E-state index in [9.17, 15) is 4.79 Å². The van der Waals surface area contributed by atoms with Crippen LogP contribution in [0.15, 0.2) is 23.4 Å². The first kappa shape index (κ1) is 20.3. The third-order valence-corrected chi connectivity index (χ3v) is 5.44. The smallest absolute Gasteiger partial charge is 0.237 e. The van der Waals surface area contributed by atoms with Crippen molar-refractivity contribution in [2.75, 3.05) is 11.2 Å². The van der Waals surface area contributed by atoms with E-state index in [0.29, 0.717) is 5.16 Å². The number of amides is 1. The fourth-order valence-corrected chi connectivity index (χ4v) is 3.52. The van der Waals surface area contributed by atoms with E-state index in [-0.39, 0.29) is 11.2 Å². The molecule has 3 N–H and O–H groups in total. The number of carbonyl (C=O) groups excluding carboxylic acids is 1. The van der Waals surface area contributed by atoms with Gasteiger partial charge in [-0.1, -0.05) is 57.2 Å². The Labute approximate surface area is 159 Å². The van der Waals surface area contributed by atoms with Gasteiger partial charge < -0.3 is 11.2 Å². The van der Waals surface area contributed by atoms with E-state index < -0.39 is 0 Å². The van der Waals surface area contributed by atoms with Gasteiger partial charge >= 0.3 is 0 Å². The average molecular weight is 376 g/mol. The van der Waals surface area contributed by atoms with Crippen molar-refractivity contribution in [1.82, 2.24) is 14.9 Å². The van der Waals surface area contributed by atoms with Crippen LogP contribution in [0.5, 0.6) is 0 Å². The Hall–Kier alpha value is -2.02. The number of nitrogens with two attached hydrogens (primary N) is 1. The number of nitrogens with zero attached hydrogens (tertiary/aromatic N) is 3. The van der Waals surface area contributed by atoms with E-state index in [4.69, 9.17) is 5.84 Å². The van der Waals surface area contributed by atoms with Crippen LogP contribution in [-0.4, -0.2) is 26.0 Å². The summed E-state index contributed by atoms with van der Waals surface area (Å²) in [6.45, 7) is 8.17. The highest BCUT2D eigenvalue weighted by Gasteiger charge is 2.20. The summed E-state index contributed by atoms with van der Waals surface area (Å²) in [5, 5.41) is 11.6. The number of aromatic nitrogens is 3. The number of rotatable bonds is 9. The second kappa shape index (κ2) is 9.62. The Morgan fingerprint density at radius 2 is 1.88 bits per heavy atom. The van der Waals surface area contributed by atoms with E-state index in [0.717, 1.165) is 54.7 Å². The summed E-state index contributed by atoms with van der Waals surface area (Å²) in [6.07, 6.45) is 4.64. The zero-order chi connectivity index (χ0) is 19.1. The Morgan fingerprint density at radius 3 is 2.46 bits per heavy atom. The summed E-state index contributed by atoms with van der Waals surface area (Å²) in [5.74, 6) is 6.78. The Kier molecular flexibility index (Phi) is 7.50. The van der Waals surface area contributed by atoms with E-state index in [1.807, 2.05) is 13.0 Å². The van der Waals surface area contributed by atoms with Crippen molar-refractivity contribution in [3.63, 3.8) is 0 Å². The van der Waals surface area contributed by atoms with E-state index in [1.54, 1.807) is 0 Å². The summed E-state index contributed by atoms with van der Waals surface area (Å²) in [5.41, 5.74) is 3.24. The molecule has 0 aliphatic heterocycles. The maximum Gasteiger partial charge on any atom is 0.237 e. The number of nitrogens with one attached hydrogen (secondary N) is 1. The van der Waals surface area contributed by atoms with Crippen LogP contribution in [0.2, 0.25) is 0 Å². The number of thioether (sulfide) groups is 1. The average Bonchev–Trinajstić information content (AvgIpc) is 2.99. The lowest BCUT2D eigenvalue weighted by Crippen LogP contribution is -2.25. The minimum atomic E-state index is -0.324. The molecule has 0 unspecified atom stereocenters. The zero-order valence-electron chi connectivity index (χ0n) is 16.1. The third-order valence-electron chi connectivity index (χ3n) is 4.39. The number of hydrogen-bond donors (Lipinski definition) is 2. The highest BCUT2D eigenvalue weighted by atomic mass is 32.2. The predicted octanol–water partition coefficient (Wildman–Crippen LogP) is 3.58. The molecule has 0 radical (unpaired) electrons. The Morgan fingerprint density at radius 1 is 1.23 bits per heavy atom. The number of nitrogen functional groups attached to an aromatic ring is 1. The molecule has 0 aliphatic rings. The molecule has 142 valence electrons. The number of anilines is 1. The molecule has 1 aromatic carbocycles. The molecule has 1 heterocycles. The SMILES string of the molecule is CCCCc1nnc(S[C@H](C)C(=O)Nc2c(CC)cccc2CC)n1N.